The van der Waals surface area contributed by atoms with Crippen LogP contribution in [-0.2, 0) is 6.42 Å². The number of nitrogens with zero attached hydrogens (tertiary/aromatic N) is 1. The fraction of sp³-hybridized carbons (Fsp3) is 0.350. The Morgan fingerprint density at radius 1 is 1.22 bits per heavy atom. The Bertz CT molecular complexity index is 965. The van der Waals surface area contributed by atoms with Gasteiger partial charge in [0, 0.05) is 24.7 Å². The number of carbonyl (C=O) groups is 2. The van der Waals surface area contributed by atoms with Crippen LogP contribution in [-0.4, -0.2) is 47.9 Å². The Labute approximate surface area is 155 Å². The van der Waals surface area contributed by atoms with Crippen LogP contribution < -0.4 is 15.0 Å². The van der Waals surface area contributed by atoms with E-state index in [1.54, 1.807) is 7.05 Å². The SMILES string of the molecule is CN(CC1COc2ccccc2O1)C(=O)c1cc2c([nH]c1=O)CCCC2=O. The van der Waals surface area contributed by atoms with E-state index in [4.69, 9.17) is 9.47 Å². The number of nitrogens with one attached hydrogen (secondary N) is 1. The smallest absolute Gasteiger partial charge is 0.261 e. The normalized spacial score (nSPS) is 18.0. The lowest BCUT2D eigenvalue weighted by Crippen LogP contribution is -2.43. The first-order chi connectivity index (χ1) is 13.0. The van der Waals surface area contributed by atoms with E-state index in [-0.39, 0.29) is 24.0 Å². The second-order valence-electron chi connectivity index (χ2n) is 6.86. The summed E-state index contributed by atoms with van der Waals surface area (Å²) >= 11 is 0. The Morgan fingerprint density at radius 3 is 2.81 bits per heavy atom. The van der Waals surface area contributed by atoms with E-state index in [1.165, 1.54) is 11.0 Å². The summed E-state index contributed by atoms with van der Waals surface area (Å²) in [6.07, 6.45) is 1.46. The average Bonchev–Trinajstić information content (AvgIpc) is 2.67. The van der Waals surface area contributed by atoms with Crippen LogP contribution in [0.25, 0.3) is 0 Å². The molecule has 1 unspecified atom stereocenters. The second kappa shape index (κ2) is 6.90. The molecule has 1 atom stereocenters. The number of carbonyl (C=O) groups excluding carboxylic acids is 2. The number of amides is 1. The number of hydrogen-bond acceptors (Lipinski definition) is 5. The molecule has 27 heavy (non-hydrogen) atoms. The van der Waals surface area contributed by atoms with Crippen LogP contribution in [0.15, 0.2) is 35.1 Å². The molecule has 1 aromatic carbocycles. The molecule has 2 aliphatic rings. The third-order valence-corrected chi connectivity index (χ3v) is 4.88. The van der Waals surface area contributed by atoms with Crippen molar-refractivity contribution < 1.29 is 19.1 Å². The third kappa shape index (κ3) is 3.32. The van der Waals surface area contributed by atoms with E-state index in [0.29, 0.717) is 42.2 Å². The van der Waals surface area contributed by atoms with E-state index >= 15 is 0 Å². The molecule has 1 aromatic heterocycles. The molecule has 7 heteroatoms. The summed E-state index contributed by atoms with van der Waals surface area (Å²) in [7, 11) is 1.60. The number of para-hydroxylation sites is 2. The van der Waals surface area contributed by atoms with Crippen molar-refractivity contribution in [2.45, 2.75) is 25.4 Å². The largest absolute Gasteiger partial charge is 0.486 e. The number of likely N-dealkylation sites (N-methyl/N-ethyl adjacent to an activating group) is 1. The van der Waals surface area contributed by atoms with Gasteiger partial charge in [0.2, 0.25) is 0 Å². The van der Waals surface area contributed by atoms with Crippen LogP contribution in [0, 0.1) is 0 Å². The number of ketones is 1. The molecule has 1 amide bonds. The fourth-order valence-electron chi connectivity index (χ4n) is 3.48. The maximum atomic E-state index is 12.8. The highest BCUT2D eigenvalue weighted by molar-refractivity contribution is 6.01. The van der Waals surface area contributed by atoms with Gasteiger partial charge < -0.3 is 19.4 Å². The Hall–Kier alpha value is -3.09. The van der Waals surface area contributed by atoms with Gasteiger partial charge in [0.25, 0.3) is 11.5 Å². The van der Waals surface area contributed by atoms with Crippen LogP contribution >= 0.6 is 0 Å². The van der Waals surface area contributed by atoms with Crippen LogP contribution in [0.4, 0.5) is 0 Å². The van der Waals surface area contributed by atoms with Gasteiger partial charge in [-0.15, -0.1) is 0 Å². The molecule has 0 saturated carbocycles. The van der Waals surface area contributed by atoms with Crippen molar-refractivity contribution in [3.05, 3.63) is 57.5 Å². The van der Waals surface area contributed by atoms with E-state index in [0.717, 1.165) is 6.42 Å². The molecular weight excluding hydrogens is 348 g/mol. The molecule has 2 heterocycles. The van der Waals surface area contributed by atoms with Gasteiger partial charge in [0.05, 0.1) is 6.54 Å². The van der Waals surface area contributed by atoms with Gasteiger partial charge in [0.1, 0.15) is 12.2 Å². The third-order valence-electron chi connectivity index (χ3n) is 4.88. The first-order valence-electron chi connectivity index (χ1n) is 8.96. The zero-order valence-electron chi connectivity index (χ0n) is 15.0. The van der Waals surface area contributed by atoms with Crippen molar-refractivity contribution in [1.82, 2.24) is 9.88 Å². The topological polar surface area (TPSA) is 88.7 Å². The zero-order chi connectivity index (χ0) is 19.0. The number of aryl methyl sites for hydroxylation is 1. The van der Waals surface area contributed by atoms with Crippen molar-refractivity contribution in [3.63, 3.8) is 0 Å². The molecule has 0 saturated heterocycles. The monoisotopic (exact) mass is 368 g/mol. The van der Waals surface area contributed by atoms with Gasteiger partial charge in [-0.25, -0.2) is 0 Å². The predicted octanol–water partition coefficient (Wildman–Crippen LogP) is 1.81. The molecule has 140 valence electrons. The molecule has 2 aromatic rings. The van der Waals surface area contributed by atoms with E-state index in [1.807, 2.05) is 24.3 Å². The molecule has 0 radical (unpaired) electrons. The number of ether oxygens (including phenoxy) is 2. The summed E-state index contributed by atoms with van der Waals surface area (Å²) in [6.45, 7) is 0.575. The van der Waals surface area contributed by atoms with Crippen molar-refractivity contribution in [2.75, 3.05) is 20.2 Å². The maximum absolute atomic E-state index is 12.8. The quantitative estimate of drug-likeness (QED) is 0.893. The van der Waals surface area contributed by atoms with E-state index in [9.17, 15) is 14.4 Å². The number of Topliss-reactive ketones (excluding diaryl/α,β-unsaturated/α-hetero) is 1. The number of benzene rings is 1. The number of fused-ring (bicyclic) bond motifs is 2. The van der Waals surface area contributed by atoms with Crippen molar-refractivity contribution in [1.29, 1.82) is 0 Å². The molecule has 0 fully saturated rings. The van der Waals surface area contributed by atoms with Gasteiger partial charge in [0.15, 0.2) is 23.4 Å². The van der Waals surface area contributed by atoms with Crippen LogP contribution in [0.2, 0.25) is 0 Å². The lowest BCUT2D eigenvalue weighted by atomic mass is 9.93. The number of aromatic amines is 1. The Morgan fingerprint density at radius 2 is 2.00 bits per heavy atom. The summed E-state index contributed by atoms with van der Waals surface area (Å²) < 4.78 is 11.5. The van der Waals surface area contributed by atoms with E-state index < -0.39 is 11.5 Å². The summed E-state index contributed by atoms with van der Waals surface area (Å²) in [5, 5.41) is 0. The summed E-state index contributed by atoms with van der Waals surface area (Å²) in [5.41, 5.74) is 0.579. The second-order valence-corrected chi connectivity index (χ2v) is 6.86. The molecule has 7 nitrogen and oxygen atoms in total. The lowest BCUT2D eigenvalue weighted by molar-refractivity contribution is 0.0520. The molecule has 0 spiro atoms. The Balaban J connectivity index is 1.51. The molecular formula is C20H20N2O5. The van der Waals surface area contributed by atoms with Crippen molar-refractivity contribution in [3.8, 4) is 11.5 Å². The maximum Gasteiger partial charge on any atom is 0.261 e. The van der Waals surface area contributed by atoms with Gasteiger partial charge in [-0.3, -0.25) is 14.4 Å². The van der Waals surface area contributed by atoms with Crippen molar-refractivity contribution in [2.24, 2.45) is 0 Å². The number of pyridine rings is 1. The molecule has 4 rings (SSSR count). The Kier molecular flexibility index (Phi) is 4.43. The minimum absolute atomic E-state index is 0.0244. The molecule has 0 bridgehead atoms. The van der Waals surface area contributed by atoms with E-state index in [2.05, 4.69) is 4.98 Å². The summed E-state index contributed by atoms with van der Waals surface area (Å²) in [4.78, 5) is 41.3. The molecule has 1 aliphatic carbocycles. The van der Waals surface area contributed by atoms with Gasteiger partial charge in [-0.1, -0.05) is 12.1 Å². The number of hydrogen-bond donors (Lipinski definition) is 1. The summed E-state index contributed by atoms with van der Waals surface area (Å²) in [6, 6.07) is 8.78. The van der Waals surface area contributed by atoms with Crippen molar-refractivity contribution >= 4 is 11.7 Å². The number of aromatic nitrogens is 1. The number of H-pyrrole nitrogens is 1. The van der Waals surface area contributed by atoms with Gasteiger partial charge in [-0.2, -0.15) is 0 Å². The van der Waals surface area contributed by atoms with Crippen LogP contribution in [0.3, 0.4) is 0 Å². The van der Waals surface area contributed by atoms with Crippen LogP contribution in [0.1, 0.15) is 39.3 Å². The minimum Gasteiger partial charge on any atom is -0.486 e. The molecule has 1 aliphatic heterocycles. The van der Waals surface area contributed by atoms with Crippen LogP contribution in [0.5, 0.6) is 11.5 Å². The minimum atomic E-state index is -0.466. The average molecular weight is 368 g/mol. The first kappa shape index (κ1) is 17.3. The number of rotatable bonds is 3. The standard InChI is InChI=1S/C20H20N2O5/c1-22(10-12-11-26-17-7-2-3-8-18(17)27-12)20(25)14-9-13-15(21-19(14)24)5-4-6-16(13)23/h2-3,7-9,12H,4-6,10-11H2,1H3,(H,21,24). The highest BCUT2D eigenvalue weighted by Crippen LogP contribution is 2.31. The molecule has 1 N–H and O–H groups in total. The highest BCUT2D eigenvalue weighted by Gasteiger charge is 2.27. The first-order valence-corrected chi connectivity index (χ1v) is 8.96. The fourth-order valence-corrected chi connectivity index (χ4v) is 3.48. The lowest BCUT2D eigenvalue weighted by Gasteiger charge is -2.29. The van der Waals surface area contributed by atoms with Gasteiger partial charge >= 0.3 is 0 Å². The predicted molar refractivity (Wildman–Crippen MR) is 97.6 cm³/mol. The zero-order valence-corrected chi connectivity index (χ0v) is 15.0. The summed E-state index contributed by atoms with van der Waals surface area (Å²) in [5.74, 6) is 0.823. The highest BCUT2D eigenvalue weighted by atomic mass is 16.6. The van der Waals surface area contributed by atoms with Gasteiger partial charge in [-0.05, 0) is 31.0 Å².